The van der Waals surface area contributed by atoms with Gasteiger partial charge in [-0.3, -0.25) is 14.6 Å². The summed E-state index contributed by atoms with van der Waals surface area (Å²) < 4.78 is 11.0. The van der Waals surface area contributed by atoms with Gasteiger partial charge in [-0.05, 0) is 50.8 Å². The van der Waals surface area contributed by atoms with Crippen LogP contribution in [0.4, 0.5) is 0 Å². The molecule has 1 aromatic carbocycles. The van der Waals surface area contributed by atoms with Gasteiger partial charge in [0.1, 0.15) is 5.92 Å². The Kier molecular flexibility index (Phi) is 6.17. The van der Waals surface area contributed by atoms with Crippen molar-refractivity contribution in [3.05, 3.63) is 35.0 Å². The fourth-order valence-electron chi connectivity index (χ4n) is 3.96. The van der Waals surface area contributed by atoms with Crippen LogP contribution in [0.25, 0.3) is 0 Å². The molecule has 0 saturated heterocycles. The lowest BCUT2D eigenvalue weighted by Gasteiger charge is -2.34. The highest BCUT2D eigenvalue weighted by Crippen LogP contribution is 2.45. The van der Waals surface area contributed by atoms with E-state index in [1.54, 1.807) is 18.2 Å². The molecule has 1 aliphatic heterocycles. The second-order valence-electron chi connectivity index (χ2n) is 7.17. The minimum absolute atomic E-state index is 0.0288. The smallest absolute Gasteiger partial charge is 0.315 e. The fraction of sp³-hybridized carbons (Fsp3) is 0.500. The number of phenolic OH excluding ortho intramolecular Hbond substituents is 1. The molecule has 2 aliphatic rings. The summed E-state index contributed by atoms with van der Waals surface area (Å²) in [6.45, 7) is 6.32. The van der Waals surface area contributed by atoms with Crippen molar-refractivity contribution in [1.82, 2.24) is 0 Å². The lowest BCUT2D eigenvalue weighted by Crippen LogP contribution is -2.37. The van der Waals surface area contributed by atoms with E-state index in [9.17, 15) is 14.7 Å². The average molecular weight is 385 g/mol. The van der Waals surface area contributed by atoms with Gasteiger partial charge in [0.25, 0.3) is 0 Å². The zero-order valence-electron chi connectivity index (χ0n) is 16.7. The first kappa shape index (κ1) is 20.1. The Bertz CT molecular complexity index is 839. The topological polar surface area (TPSA) is 85.2 Å². The van der Waals surface area contributed by atoms with Crippen molar-refractivity contribution in [2.24, 2.45) is 10.9 Å². The van der Waals surface area contributed by atoms with E-state index in [1.165, 1.54) is 0 Å². The molecule has 1 unspecified atom stereocenters. The largest absolute Gasteiger partial charge is 0.504 e. The van der Waals surface area contributed by atoms with E-state index >= 15 is 0 Å². The molecule has 0 amide bonds. The van der Waals surface area contributed by atoms with Crippen molar-refractivity contribution < 1.29 is 24.2 Å². The Morgan fingerprint density at radius 1 is 1.29 bits per heavy atom. The number of phenols is 1. The number of esters is 1. The van der Waals surface area contributed by atoms with Crippen LogP contribution in [0.3, 0.4) is 0 Å². The number of nitrogens with zero attached hydrogens (tertiary/aromatic N) is 1. The summed E-state index contributed by atoms with van der Waals surface area (Å²) in [5.41, 5.74) is 2.77. The summed E-state index contributed by atoms with van der Waals surface area (Å²) in [6, 6.07) is 5.01. The standard InChI is InChI=1S/C22H27NO5/c1-4-11-28-22(26)19-13(3)23-15-7-6-8-17(25)21(15)20(19)14-9-10-16(24)18(12-14)27-5-2/h9-10,12,19-20,24H,4-8,11H2,1-3H3/t19?,20-/m0/s1. The number of carbonyl (C=O) groups is 2. The lowest BCUT2D eigenvalue weighted by molar-refractivity contribution is -0.146. The normalized spacial score (nSPS) is 21.8. The Hall–Kier alpha value is -2.63. The number of aliphatic imine (C=N–C) groups is 1. The van der Waals surface area contributed by atoms with Crippen LogP contribution < -0.4 is 4.74 Å². The van der Waals surface area contributed by atoms with E-state index in [0.29, 0.717) is 36.7 Å². The van der Waals surface area contributed by atoms with Gasteiger partial charge in [-0.15, -0.1) is 0 Å². The van der Waals surface area contributed by atoms with Gasteiger partial charge in [-0.1, -0.05) is 13.0 Å². The summed E-state index contributed by atoms with van der Waals surface area (Å²) in [5, 5.41) is 10.1. The van der Waals surface area contributed by atoms with Crippen molar-refractivity contribution in [1.29, 1.82) is 0 Å². The molecule has 2 atom stereocenters. The Labute approximate surface area is 165 Å². The molecule has 0 radical (unpaired) electrons. The predicted molar refractivity (Wildman–Crippen MR) is 106 cm³/mol. The number of rotatable bonds is 6. The third-order valence-electron chi connectivity index (χ3n) is 5.18. The van der Waals surface area contributed by atoms with E-state index in [2.05, 4.69) is 4.99 Å². The molecule has 28 heavy (non-hydrogen) atoms. The number of carbonyl (C=O) groups excluding carboxylic acids is 2. The van der Waals surface area contributed by atoms with Gasteiger partial charge < -0.3 is 14.6 Å². The first-order chi connectivity index (χ1) is 13.5. The van der Waals surface area contributed by atoms with E-state index in [4.69, 9.17) is 9.47 Å². The number of aromatic hydroxyl groups is 1. The number of Topliss-reactive ketones (excluding diaryl/α,β-unsaturated/α-hetero) is 1. The molecule has 150 valence electrons. The van der Waals surface area contributed by atoms with Gasteiger partial charge in [-0.25, -0.2) is 0 Å². The highest BCUT2D eigenvalue weighted by atomic mass is 16.5. The van der Waals surface area contributed by atoms with Crippen molar-refractivity contribution in [2.75, 3.05) is 13.2 Å². The van der Waals surface area contributed by atoms with Crippen LogP contribution in [0, 0.1) is 5.92 Å². The summed E-state index contributed by atoms with van der Waals surface area (Å²) in [6.07, 6.45) is 2.67. The van der Waals surface area contributed by atoms with E-state index in [0.717, 1.165) is 30.5 Å². The molecule has 0 spiro atoms. The van der Waals surface area contributed by atoms with Crippen LogP contribution in [0.1, 0.15) is 57.9 Å². The van der Waals surface area contributed by atoms with E-state index in [-0.39, 0.29) is 17.5 Å². The van der Waals surface area contributed by atoms with Gasteiger partial charge in [0.2, 0.25) is 0 Å². The number of hydrogen-bond acceptors (Lipinski definition) is 6. The number of ether oxygens (including phenoxy) is 2. The second-order valence-corrected chi connectivity index (χ2v) is 7.17. The van der Waals surface area contributed by atoms with Gasteiger partial charge in [0, 0.05) is 29.3 Å². The van der Waals surface area contributed by atoms with Gasteiger partial charge in [-0.2, -0.15) is 0 Å². The molecule has 1 aliphatic carbocycles. The fourth-order valence-corrected chi connectivity index (χ4v) is 3.96. The maximum Gasteiger partial charge on any atom is 0.315 e. The zero-order chi connectivity index (χ0) is 20.3. The highest BCUT2D eigenvalue weighted by molar-refractivity contribution is 6.08. The van der Waals surface area contributed by atoms with Crippen molar-refractivity contribution in [2.45, 2.75) is 52.4 Å². The summed E-state index contributed by atoms with van der Waals surface area (Å²) in [5.74, 6) is -1.12. The molecule has 6 nitrogen and oxygen atoms in total. The average Bonchev–Trinajstić information content (AvgIpc) is 2.67. The lowest BCUT2D eigenvalue weighted by atomic mass is 9.71. The number of allylic oxidation sites excluding steroid dienone is 2. The minimum atomic E-state index is -0.661. The molecule has 6 heteroatoms. The van der Waals surface area contributed by atoms with E-state index < -0.39 is 11.8 Å². The van der Waals surface area contributed by atoms with Gasteiger partial charge in [0.15, 0.2) is 17.3 Å². The zero-order valence-corrected chi connectivity index (χ0v) is 16.7. The summed E-state index contributed by atoms with van der Waals surface area (Å²) in [7, 11) is 0. The van der Waals surface area contributed by atoms with Gasteiger partial charge >= 0.3 is 5.97 Å². The summed E-state index contributed by atoms with van der Waals surface area (Å²) >= 11 is 0. The van der Waals surface area contributed by atoms with Gasteiger partial charge in [0.05, 0.1) is 13.2 Å². The van der Waals surface area contributed by atoms with Crippen LogP contribution in [0.2, 0.25) is 0 Å². The Balaban J connectivity index is 2.11. The molecule has 0 saturated carbocycles. The van der Waals surface area contributed by atoms with Crippen LogP contribution in [0.15, 0.2) is 34.5 Å². The predicted octanol–water partition coefficient (Wildman–Crippen LogP) is 3.93. The Morgan fingerprint density at radius 2 is 2.07 bits per heavy atom. The number of ketones is 1. The monoisotopic (exact) mass is 385 g/mol. The molecular weight excluding hydrogens is 358 g/mol. The van der Waals surface area contributed by atoms with Crippen LogP contribution in [0.5, 0.6) is 11.5 Å². The molecule has 1 aromatic rings. The first-order valence-electron chi connectivity index (χ1n) is 9.91. The molecule has 1 heterocycles. The summed E-state index contributed by atoms with van der Waals surface area (Å²) in [4.78, 5) is 30.3. The number of hydrogen-bond donors (Lipinski definition) is 1. The second kappa shape index (κ2) is 8.59. The molecule has 1 N–H and O–H groups in total. The van der Waals surface area contributed by atoms with Crippen molar-refractivity contribution in [3.8, 4) is 11.5 Å². The third kappa shape index (κ3) is 3.81. The molecule has 3 rings (SSSR count). The molecule has 0 bridgehead atoms. The maximum absolute atomic E-state index is 12.9. The minimum Gasteiger partial charge on any atom is -0.504 e. The number of benzene rings is 1. The van der Waals surface area contributed by atoms with Crippen LogP contribution >= 0.6 is 0 Å². The van der Waals surface area contributed by atoms with Crippen molar-refractivity contribution >= 4 is 17.5 Å². The quantitative estimate of drug-likeness (QED) is 0.750. The molecule has 0 aromatic heterocycles. The SMILES string of the molecule is CCCOC(=O)C1C(C)=NC2=C(C(=O)CCC2)[C@H]1c1ccc(O)c(OCC)c1. The maximum atomic E-state index is 12.9. The van der Waals surface area contributed by atoms with Crippen molar-refractivity contribution in [3.63, 3.8) is 0 Å². The molecular formula is C22H27NO5. The Morgan fingerprint density at radius 3 is 2.79 bits per heavy atom. The van der Waals surface area contributed by atoms with Crippen LogP contribution in [-0.4, -0.2) is 35.8 Å². The molecule has 0 fully saturated rings. The first-order valence-corrected chi connectivity index (χ1v) is 9.91. The van der Waals surface area contributed by atoms with Crippen LogP contribution in [-0.2, 0) is 14.3 Å². The highest BCUT2D eigenvalue weighted by Gasteiger charge is 2.43. The third-order valence-corrected chi connectivity index (χ3v) is 5.18. The van der Waals surface area contributed by atoms with E-state index in [1.807, 2.05) is 20.8 Å².